The number of fused-ring (bicyclic) bond motifs is 1. The van der Waals surface area contributed by atoms with Crippen LogP contribution in [0, 0.1) is 22.7 Å². The summed E-state index contributed by atoms with van der Waals surface area (Å²) >= 11 is 0. The predicted octanol–water partition coefficient (Wildman–Crippen LogP) is 3.07. The van der Waals surface area contributed by atoms with Gasteiger partial charge >= 0.3 is 0 Å². The van der Waals surface area contributed by atoms with Gasteiger partial charge in [0.2, 0.25) is 0 Å². The number of hydrogen-bond donors (Lipinski definition) is 2. The summed E-state index contributed by atoms with van der Waals surface area (Å²) in [6, 6.07) is 8.08. The third-order valence-corrected chi connectivity index (χ3v) is 4.57. The summed E-state index contributed by atoms with van der Waals surface area (Å²) in [6.07, 6.45) is 7.73. The summed E-state index contributed by atoms with van der Waals surface area (Å²) in [5.41, 5.74) is 9.39. The number of nitrogens with one attached hydrogen (secondary N) is 1. The van der Waals surface area contributed by atoms with Crippen LogP contribution in [-0.2, 0) is 19.4 Å². The molecule has 2 aromatic rings. The van der Waals surface area contributed by atoms with Crippen LogP contribution in [0.5, 0.6) is 0 Å². The van der Waals surface area contributed by atoms with Crippen LogP contribution >= 0.6 is 0 Å². The van der Waals surface area contributed by atoms with Crippen molar-refractivity contribution in [3.63, 3.8) is 0 Å². The molecule has 25 heavy (non-hydrogen) atoms. The summed E-state index contributed by atoms with van der Waals surface area (Å²) in [5.74, 6) is 0.905. The number of rotatable bonds is 3. The Bertz CT molecular complexity index is 859. The van der Waals surface area contributed by atoms with Gasteiger partial charge in [0.05, 0.1) is 5.56 Å². The molecule has 0 saturated heterocycles. The van der Waals surface area contributed by atoms with Gasteiger partial charge in [-0.05, 0) is 37.3 Å². The standard InChI is InChI=1S/C19H20N6/c20-10-15-14-7-3-1-2-4-8-17(14)25-19(16(15)11-21)24-12-13-6-5-9-23-18(13)22/h5-6,9H,1-4,7-8,12H2,(H2,22,23)(H,24,25). The topological polar surface area (TPSA) is 111 Å². The lowest BCUT2D eigenvalue weighted by molar-refractivity contribution is 0.608. The highest BCUT2D eigenvalue weighted by atomic mass is 15.0. The molecule has 1 aliphatic carbocycles. The van der Waals surface area contributed by atoms with E-state index in [0.29, 0.717) is 29.3 Å². The van der Waals surface area contributed by atoms with Crippen LogP contribution in [0.1, 0.15) is 53.6 Å². The SMILES string of the molecule is N#Cc1c(NCc2cccnc2N)nc2c(c1C#N)CCCCCC2. The van der Waals surface area contributed by atoms with E-state index in [1.54, 1.807) is 6.20 Å². The maximum absolute atomic E-state index is 9.63. The Morgan fingerprint density at radius 1 is 1.08 bits per heavy atom. The molecule has 2 heterocycles. The molecule has 3 N–H and O–H groups in total. The second-order valence-corrected chi connectivity index (χ2v) is 6.17. The quantitative estimate of drug-likeness (QED) is 0.893. The molecule has 6 heteroatoms. The first kappa shape index (κ1) is 16.7. The summed E-state index contributed by atoms with van der Waals surface area (Å²) in [7, 11) is 0. The zero-order valence-electron chi connectivity index (χ0n) is 14.0. The predicted molar refractivity (Wildman–Crippen MR) is 95.5 cm³/mol. The van der Waals surface area contributed by atoms with Crippen LogP contribution in [0.15, 0.2) is 18.3 Å². The number of anilines is 2. The number of aromatic nitrogens is 2. The van der Waals surface area contributed by atoms with Crippen LogP contribution in [0.4, 0.5) is 11.6 Å². The maximum Gasteiger partial charge on any atom is 0.145 e. The minimum atomic E-state index is 0.323. The molecule has 0 amide bonds. The molecule has 0 unspecified atom stereocenters. The zero-order chi connectivity index (χ0) is 17.6. The number of nitrogen functional groups attached to an aromatic ring is 1. The highest BCUT2D eigenvalue weighted by molar-refractivity contribution is 5.64. The molecule has 0 radical (unpaired) electrons. The second kappa shape index (κ2) is 7.63. The van der Waals surface area contributed by atoms with E-state index in [0.717, 1.165) is 48.9 Å². The third-order valence-electron chi connectivity index (χ3n) is 4.57. The maximum atomic E-state index is 9.63. The van der Waals surface area contributed by atoms with Gasteiger partial charge in [0.1, 0.15) is 29.3 Å². The highest BCUT2D eigenvalue weighted by Crippen LogP contribution is 2.28. The van der Waals surface area contributed by atoms with Crippen molar-refractivity contribution in [3.8, 4) is 12.1 Å². The summed E-state index contributed by atoms with van der Waals surface area (Å²) in [6.45, 7) is 0.408. The molecule has 0 saturated carbocycles. The van der Waals surface area contributed by atoms with E-state index in [2.05, 4.69) is 22.4 Å². The van der Waals surface area contributed by atoms with Gasteiger partial charge in [0.15, 0.2) is 0 Å². The largest absolute Gasteiger partial charge is 0.383 e. The van der Waals surface area contributed by atoms with Crippen molar-refractivity contribution in [2.45, 2.75) is 45.1 Å². The molecule has 126 valence electrons. The fourth-order valence-corrected chi connectivity index (χ4v) is 3.24. The molecule has 3 rings (SSSR count). The number of nitrogens with zero attached hydrogens (tertiary/aromatic N) is 4. The lowest BCUT2D eigenvalue weighted by Crippen LogP contribution is -2.13. The molecule has 0 spiro atoms. The van der Waals surface area contributed by atoms with Gasteiger partial charge in [0, 0.05) is 24.0 Å². The van der Waals surface area contributed by atoms with Gasteiger partial charge in [-0.15, -0.1) is 0 Å². The van der Waals surface area contributed by atoms with Crippen molar-refractivity contribution in [2.75, 3.05) is 11.1 Å². The Labute approximate surface area is 147 Å². The second-order valence-electron chi connectivity index (χ2n) is 6.17. The number of hydrogen-bond acceptors (Lipinski definition) is 6. The lowest BCUT2D eigenvalue weighted by atomic mass is 9.91. The van der Waals surface area contributed by atoms with Gasteiger partial charge in [-0.3, -0.25) is 0 Å². The average molecular weight is 332 g/mol. The van der Waals surface area contributed by atoms with Crippen molar-refractivity contribution in [1.82, 2.24) is 9.97 Å². The van der Waals surface area contributed by atoms with Crippen molar-refractivity contribution >= 4 is 11.6 Å². The van der Waals surface area contributed by atoms with Gasteiger partial charge in [0.25, 0.3) is 0 Å². The Morgan fingerprint density at radius 3 is 2.56 bits per heavy atom. The summed E-state index contributed by atoms with van der Waals surface area (Å²) < 4.78 is 0. The molecule has 6 nitrogen and oxygen atoms in total. The molecule has 0 aliphatic heterocycles. The van der Waals surface area contributed by atoms with Crippen molar-refractivity contribution < 1.29 is 0 Å². The molecular formula is C19H20N6. The first-order chi connectivity index (χ1) is 12.2. The van der Waals surface area contributed by atoms with E-state index in [1.807, 2.05) is 12.1 Å². The van der Waals surface area contributed by atoms with Crippen molar-refractivity contribution in [2.24, 2.45) is 0 Å². The van der Waals surface area contributed by atoms with Crippen LogP contribution in [-0.4, -0.2) is 9.97 Å². The van der Waals surface area contributed by atoms with E-state index >= 15 is 0 Å². The first-order valence-corrected chi connectivity index (χ1v) is 8.53. The summed E-state index contributed by atoms with van der Waals surface area (Å²) in [5, 5.41) is 22.4. The lowest BCUT2D eigenvalue weighted by Gasteiger charge is -2.18. The van der Waals surface area contributed by atoms with Crippen LogP contribution in [0.2, 0.25) is 0 Å². The van der Waals surface area contributed by atoms with Crippen molar-refractivity contribution in [3.05, 3.63) is 46.3 Å². The van der Waals surface area contributed by atoms with E-state index in [-0.39, 0.29) is 0 Å². The van der Waals surface area contributed by atoms with E-state index < -0.39 is 0 Å². The fourth-order valence-electron chi connectivity index (χ4n) is 3.24. The Morgan fingerprint density at radius 2 is 1.84 bits per heavy atom. The molecular weight excluding hydrogens is 312 g/mol. The van der Waals surface area contributed by atoms with Gasteiger partial charge in [-0.25, -0.2) is 9.97 Å². The van der Waals surface area contributed by atoms with Crippen molar-refractivity contribution in [1.29, 1.82) is 10.5 Å². The van der Waals surface area contributed by atoms with Crippen LogP contribution < -0.4 is 11.1 Å². The fraction of sp³-hybridized carbons (Fsp3) is 0.368. The minimum absolute atomic E-state index is 0.323. The third kappa shape index (κ3) is 3.54. The normalized spacial score (nSPS) is 13.7. The van der Waals surface area contributed by atoms with E-state index in [4.69, 9.17) is 10.7 Å². The molecule has 2 aromatic heterocycles. The van der Waals surface area contributed by atoms with E-state index in [1.165, 1.54) is 6.42 Å². The molecule has 1 aliphatic rings. The molecule has 0 aromatic carbocycles. The van der Waals surface area contributed by atoms with E-state index in [9.17, 15) is 10.5 Å². The van der Waals surface area contributed by atoms with Gasteiger partial charge in [-0.1, -0.05) is 18.9 Å². The minimum Gasteiger partial charge on any atom is -0.383 e. The molecule has 0 fully saturated rings. The Hall–Kier alpha value is -3.12. The molecule has 0 atom stereocenters. The average Bonchev–Trinajstić information content (AvgIpc) is 2.61. The monoisotopic (exact) mass is 332 g/mol. The summed E-state index contributed by atoms with van der Waals surface area (Å²) in [4.78, 5) is 8.75. The first-order valence-electron chi connectivity index (χ1n) is 8.53. The molecule has 0 bridgehead atoms. The number of nitrogens with two attached hydrogens (primary N) is 1. The highest BCUT2D eigenvalue weighted by Gasteiger charge is 2.20. The number of nitriles is 2. The van der Waals surface area contributed by atoms with Gasteiger partial charge < -0.3 is 11.1 Å². The Kier molecular flexibility index (Phi) is 5.11. The van der Waals surface area contributed by atoms with Crippen LogP contribution in [0.3, 0.4) is 0 Å². The number of pyridine rings is 2. The smallest absolute Gasteiger partial charge is 0.145 e. The Balaban J connectivity index is 1.98. The number of aryl methyl sites for hydroxylation is 1. The van der Waals surface area contributed by atoms with Gasteiger partial charge in [-0.2, -0.15) is 10.5 Å². The van der Waals surface area contributed by atoms with Crippen LogP contribution in [0.25, 0.3) is 0 Å². The zero-order valence-corrected chi connectivity index (χ0v) is 14.0.